The van der Waals surface area contributed by atoms with Gasteiger partial charge in [-0.05, 0) is 48.7 Å². The lowest BCUT2D eigenvalue weighted by Gasteiger charge is -2.23. The lowest BCUT2D eigenvalue weighted by atomic mass is 10.1. The summed E-state index contributed by atoms with van der Waals surface area (Å²) in [6, 6.07) is 10.5. The fourth-order valence-electron chi connectivity index (χ4n) is 3.76. The largest absolute Gasteiger partial charge is 0.497 e. The molecular formula is C22H25BrN2O5S. The molecule has 0 saturated heterocycles. The molecule has 9 heteroatoms. The van der Waals surface area contributed by atoms with E-state index in [1.807, 2.05) is 25.1 Å². The second kappa shape index (κ2) is 9.40. The molecular weight excluding hydrogens is 484 g/mol. The number of carbonyl (C=O) groups excluding carboxylic acids is 2. The summed E-state index contributed by atoms with van der Waals surface area (Å²) in [4.78, 5) is 26.0. The SMILES string of the molecule is COc1ccc(CNC(=O)CCS(=O)(=O)c2cc(Br)cc3c2N(C(C)=O)[C@H](C)C3)cc1. The highest BCUT2D eigenvalue weighted by Gasteiger charge is 2.35. The summed E-state index contributed by atoms with van der Waals surface area (Å²) in [6.45, 7) is 3.61. The molecule has 1 atom stereocenters. The van der Waals surface area contributed by atoms with E-state index in [1.165, 1.54) is 17.9 Å². The lowest BCUT2D eigenvalue weighted by Crippen LogP contribution is -2.34. The highest BCUT2D eigenvalue weighted by atomic mass is 79.9. The Morgan fingerprint density at radius 2 is 1.90 bits per heavy atom. The number of nitrogens with one attached hydrogen (secondary N) is 1. The Morgan fingerprint density at radius 3 is 2.52 bits per heavy atom. The molecule has 7 nitrogen and oxygen atoms in total. The van der Waals surface area contributed by atoms with Gasteiger partial charge in [0.1, 0.15) is 5.75 Å². The number of carbonyl (C=O) groups is 2. The van der Waals surface area contributed by atoms with Crippen molar-refractivity contribution in [2.75, 3.05) is 17.8 Å². The van der Waals surface area contributed by atoms with Crippen molar-refractivity contribution in [3.8, 4) is 5.75 Å². The van der Waals surface area contributed by atoms with Gasteiger partial charge in [-0.25, -0.2) is 8.42 Å². The molecule has 0 aromatic heterocycles. The summed E-state index contributed by atoms with van der Waals surface area (Å²) < 4.78 is 32.0. The molecule has 0 unspecified atom stereocenters. The van der Waals surface area contributed by atoms with Gasteiger partial charge >= 0.3 is 0 Å². The fourth-order valence-corrected chi connectivity index (χ4v) is 5.92. The highest BCUT2D eigenvalue weighted by molar-refractivity contribution is 9.10. The molecule has 1 aliphatic rings. The Morgan fingerprint density at radius 1 is 1.23 bits per heavy atom. The van der Waals surface area contributed by atoms with Gasteiger partial charge < -0.3 is 15.0 Å². The van der Waals surface area contributed by atoms with Crippen molar-refractivity contribution in [1.82, 2.24) is 5.32 Å². The van der Waals surface area contributed by atoms with E-state index >= 15 is 0 Å². The molecule has 3 rings (SSSR count). The zero-order chi connectivity index (χ0) is 22.8. The Kier molecular flexibility index (Phi) is 7.06. The molecule has 2 amide bonds. The molecule has 1 aliphatic heterocycles. The van der Waals surface area contributed by atoms with Crippen LogP contribution in [-0.4, -0.2) is 39.1 Å². The summed E-state index contributed by atoms with van der Waals surface area (Å²) in [6.07, 6.45) is 0.411. The minimum absolute atomic E-state index is 0.0828. The highest BCUT2D eigenvalue weighted by Crippen LogP contribution is 2.40. The first-order valence-corrected chi connectivity index (χ1v) is 12.3. The number of amides is 2. The summed E-state index contributed by atoms with van der Waals surface area (Å²) >= 11 is 3.37. The van der Waals surface area contributed by atoms with Gasteiger partial charge in [0.2, 0.25) is 11.8 Å². The van der Waals surface area contributed by atoms with E-state index in [1.54, 1.807) is 19.2 Å². The van der Waals surface area contributed by atoms with E-state index in [0.717, 1.165) is 16.9 Å². The third-order valence-electron chi connectivity index (χ3n) is 5.24. The molecule has 1 heterocycles. The smallest absolute Gasteiger partial charge is 0.224 e. The topological polar surface area (TPSA) is 92.8 Å². The summed E-state index contributed by atoms with van der Waals surface area (Å²) in [5.41, 5.74) is 2.12. The fraction of sp³-hybridized carbons (Fsp3) is 0.364. The molecule has 0 aliphatic carbocycles. The van der Waals surface area contributed by atoms with Gasteiger partial charge in [-0.3, -0.25) is 9.59 Å². The quantitative estimate of drug-likeness (QED) is 0.619. The Bertz CT molecular complexity index is 1100. The molecule has 2 aromatic carbocycles. The van der Waals surface area contributed by atoms with Crippen molar-refractivity contribution in [3.05, 3.63) is 52.0 Å². The van der Waals surface area contributed by atoms with Crippen LogP contribution in [0.1, 0.15) is 31.4 Å². The molecule has 0 saturated carbocycles. The van der Waals surface area contributed by atoms with Crippen LogP contribution in [0, 0.1) is 0 Å². The first kappa shape index (κ1) is 23.3. The Labute approximate surface area is 190 Å². The molecule has 0 spiro atoms. The van der Waals surface area contributed by atoms with Gasteiger partial charge in [0.25, 0.3) is 0 Å². The molecule has 166 valence electrons. The minimum atomic E-state index is -3.79. The second-order valence-corrected chi connectivity index (χ2v) is 10.5. The number of hydrogen-bond donors (Lipinski definition) is 1. The first-order valence-electron chi connectivity index (χ1n) is 9.87. The van der Waals surface area contributed by atoms with Crippen LogP contribution in [0.25, 0.3) is 0 Å². The number of ether oxygens (including phenoxy) is 1. The monoisotopic (exact) mass is 508 g/mol. The molecule has 0 fully saturated rings. The van der Waals surface area contributed by atoms with Crippen molar-refractivity contribution in [1.29, 1.82) is 0 Å². The van der Waals surface area contributed by atoms with Gasteiger partial charge in [-0.1, -0.05) is 28.1 Å². The van der Waals surface area contributed by atoms with E-state index in [-0.39, 0.29) is 34.9 Å². The average molecular weight is 509 g/mol. The number of anilines is 1. The Hall–Kier alpha value is -2.39. The van der Waals surface area contributed by atoms with Crippen molar-refractivity contribution in [2.24, 2.45) is 0 Å². The van der Waals surface area contributed by atoms with Crippen LogP contribution in [0.2, 0.25) is 0 Å². The number of benzene rings is 2. The maximum atomic E-state index is 13.1. The predicted octanol–water partition coefficient (Wildman–Crippen LogP) is 3.24. The standard InChI is InChI=1S/C22H25BrN2O5S/c1-14-10-17-11-18(23)12-20(22(17)25(14)15(2)26)31(28,29)9-8-21(27)24-13-16-4-6-19(30-3)7-5-16/h4-7,11-12,14H,8-10,13H2,1-3H3,(H,24,27)/t14-/m1/s1. The molecule has 0 radical (unpaired) electrons. The Balaban J connectivity index is 1.71. The van der Waals surface area contributed by atoms with E-state index in [4.69, 9.17) is 4.74 Å². The number of fused-ring (bicyclic) bond motifs is 1. The molecule has 31 heavy (non-hydrogen) atoms. The van der Waals surface area contributed by atoms with E-state index in [9.17, 15) is 18.0 Å². The van der Waals surface area contributed by atoms with Crippen molar-refractivity contribution in [2.45, 2.75) is 44.2 Å². The number of hydrogen-bond acceptors (Lipinski definition) is 5. The zero-order valence-electron chi connectivity index (χ0n) is 17.6. The number of nitrogens with zero attached hydrogens (tertiary/aromatic N) is 1. The van der Waals surface area contributed by atoms with Crippen LogP contribution in [0.3, 0.4) is 0 Å². The zero-order valence-corrected chi connectivity index (χ0v) is 20.0. The van der Waals surface area contributed by atoms with Crippen LogP contribution in [0.5, 0.6) is 5.75 Å². The lowest BCUT2D eigenvalue weighted by molar-refractivity contribution is -0.121. The van der Waals surface area contributed by atoms with Gasteiger partial charge in [0.15, 0.2) is 9.84 Å². The van der Waals surface area contributed by atoms with E-state index in [2.05, 4.69) is 21.2 Å². The van der Waals surface area contributed by atoms with Crippen LogP contribution in [0.4, 0.5) is 5.69 Å². The summed E-state index contributed by atoms with van der Waals surface area (Å²) in [7, 11) is -2.21. The second-order valence-electron chi connectivity index (χ2n) is 7.55. The third kappa shape index (κ3) is 5.27. The minimum Gasteiger partial charge on any atom is -0.497 e. The van der Waals surface area contributed by atoms with Gasteiger partial charge in [0.05, 0.1) is 23.4 Å². The van der Waals surface area contributed by atoms with Crippen molar-refractivity contribution >= 4 is 43.3 Å². The average Bonchev–Trinajstić information content (AvgIpc) is 3.06. The summed E-state index contributed by atoms with van der Waals surface area (Å²) in [5.74, 6) is -0.188. The van der Waals surface area contributed by atoms with Crippen molar-refractivity contribution in [3.63, 3.8) is 0 Å². The maximum absolute atomic E-state index is 13.1. The van der Waals surface area contributed by atoms with E-state index in [0.29, 0.717) is 23.1 Å². The van der Waals surface area contributed by atoms with Crippen LogP contribution < -0.4 is 15.0 Å². The maximum Gasteiger partial charge on any atom is 0.224 e. The van der Waals surface area contributed by atoms with Crippen LogP contribution >= 0.6 is 15.9 Å². The number of halogens is 1. The van der Waals surface area contributed by atoms with Crippen LogP contribution in [0.15, 0.2) is 45.8 Å². The first-order chi connectivity index (χ1) is 14.6. The number of sulfone groups is 1. The van der Waals surface area contributed by atoms with E-state index < -0.39 is 9.84 Å². The normalized spacial score (nSPS) is 15.5. The molecule has 0 bridgehead atoms. The molecule has 2 aromatic rings. The van der Waals surface area contributed by atoms with Crippen molar-refractivity contribution < 1.29 is 22.7 Å². The van der Waals surface area contributed by atoms with Crippen LogP contribution in [-0.2, 0) is 32.4 Å². The van der Waals surface area contributed by atoms with Gasteiger partial charge in [0, 0.05) is 30.4 Å². The summed E-state index contributed by atoms with van der Waals surface area (Å²) in [5, 5.41) is 2.74. The van der Waals surface area contributed by atoms with Gasteiger partial charge in [-0.2, -0.15) is 0 Å². The number of methoxy groups -OCH3 is 1. The third-order valence-corrected chi connectivity index (χ3v) is 7.42. The van der Waals surface area contributed by atoms with Gasteiger partial charge in [-0.15, -0.1) is 0 Å². The number of rotatable bonds is 7. The molecule has 1 N–H and O–H groups in total. The predicted molar refractivity (Wildman–Crippen MR) is 122 cm³/mol.